The highest BCUT2D eigenvalue weighted by Crippen LogP contribution is 2.23. The molecular weight excluding hydrogens is 236 g/mol. The summed E-state index contributed by atoms with van der Waals surface area (Å²) in [5, 5.41) is 0. The second kappa shape index (κ2) is 7.51. The van der Waals surface area contributed by atoms with Crippen molar-refractivity contribution in [2.45, 2.75) is 33.2 Å². The maximum atomic E-state index is 5.93. The van der Waals surface area contributed by atoms with E-state index in [9.17, 15) is 0 Å². The first-order chi connectivity index (χ1) is 9.03. The highest BCUT2D eigenvalue weighted by atomic mass is 16.5. The Kier molecular flexibility index (Phi) is 6.32. The molecule has 0 saturated carbocycles. The largest absolute Gasteiger partial charge is 0.497 e. The van der Waals surface area contributed by atoms with Crippen molar-refractivity contribution in [1.29, 1.82) is 0 Å². The van der Waals surface area contributed by atoms with Crippen LogP contribution >= 0.6 is 0 Å². The first kappa shape index (κ1) is 16.0. The second-order valence-electron chi connectivity index (χ2n) is 5.79. The molecule has 3 nitrogen and oxygen atoms in total. The van der Waals surface area contributed by atoms with Crippen molar-refractivity contribution < 1.29 is 4.74 Å². The molecular formula is C16H28N2O. The Morgan fingerprint density at radius 1 is 1.37 bits per heavy atom. The third-order valence-electron chi connectivity index (χ3n) is 3.58. The molecule has 0 heterocycles. The standard InChI is InChI=1S/C16H28N2O/c1-5-9-16(2,12-17)13-18(3)11-14-7-6-8-15(10-14)19-4/h6-8,10H,5,9,11-13,17H2,1-4H3. The van der Waals surface area contributed by atoms with Gasteiger partial charge in [-0.15, -0.1) is 0 Å². The van der Waals surface area contributed by atoms with Crippen molar-refractivity contribution in [2.24, 2.45) is 11.1 Å². The second-order valence-corrected chi connectivity index (χ2v) is 5.79. The summed E-state index contributed by atoms with van der Waals surface area (Å²) in [6.45, 7) is 7.18. The van der Waals surface area contributed by atoms with Gasteiger partial charge in [0, 0.05) is 13.1 Å². The lowest BCUT2D eigenvalue weighted by molar-refractivity contribution is 0.179. The highest BCUT2D eigenvalue weighted by Gasteiger charge is 2.23. The molecule has 1 aromatic carbocycles. The van der Waals surface area contributed by atoms with E-state index in [4.69, 9.17) is 10.5 Å². The molecule has 0 amide bonds. The molecule has 0 fully saturated rings. The topological polar surface area (TPSA) is 38.5 Å². The number of nitrogens with two attached hydrogens (primary N) is 1. The molecule has 0 aliphatic rings. The number of hydrogen-bond acceptors (Lipinski definition) is 3. The molecule has 1 unspecified atom stereocenters. The van der Waals surface area contributed by atoms with E-state index in [0.29, 0.717) is 0 Å². The van der Waals surface area contributed by atoms with Crippen molar-refractivity contribution in [3.05, 3.63) is 29.8 Å². The molecule has 108 valence electrons. The fraction of sp³-hybridized carbons (Fsp3) is 0.625. The molecule has 1 aromatic rings. The Balaban J connectivity index is 2.60. The Morgan fingerprint density at radius 3 is 2.68 bits per heavy atom. The number of hydrogen-bond donors (Lipinski definition) is 1. The smallest absolute Gasteiger partial charge is 0.119 e. The quantitative estimate of drug-likeness (QED) is 0.784. The molecule has 0 aliphatic heterocycles. The molecule has 0 aliphatic carbocycles. The number of methoxy groups -OCH3 is 1. The average Bonchev–Trinajstić information content (AvgIpc) is 2.39. The van der Waals surface area contributed by atoms with Gasteiger partial charge in [-0.3, -0.25) is 0 Å². The summed E-state index contributed by atoms with van der Waals surface area (Å²) in [7, 11) is 3.86. The summed E-state index contributed by atoms with van der Waals surface area (Å²) in [4.78, 5) is 2.34. The normalized spacial score (nSPS) is 14.4. The van der Waals surface area contributed by atoms with Crippen molar-refractivity contribution in [3.63, 3.8) is 0 Å². The van der Waals surface area contributed by atoms with Gasteiger partial charge in [0.15, 0.2) is 0 Å². The maximum absolute atomic E-state index is 5.93. The molecule has 2 N–H and O–H groups in total. The monoisotopic (exact) mass is 264 g/mol. The van der Waals surface area contributed by atoms with Gasteiger partial charge in [0.2, 0.25) is 0 Å². The van der Waals surface area contributed by atoms with E-state index >= 15 is 0 Å². The molecule has 0 saturated heterocycles. The fourth-order valence-electron chi connectivity index (χ4n) is 2.64. The highest BCUT2D eigenvalue weighted by molar-refractivity contribution is 5.28. The van der Waals surface area contributed by atoms with Gasteiger partial charge >= 0.3 is 0 Å². The van der Waals surface area contributed by atoms with Crippen LogP contribution in [0.4, 0.5) is 0 Å². The summed E-state index contributed by atoms with van der Waals surface area (Å²) in [6.07, 6.45) is 2.35. The summed E-state index contributed by atoms with van der Waals surface area (Å²) in [5.41, 5.74) is 7.42. The van der Waals surface area contributed by atoms with Crippen LogP contribution in [0, 0.1) is 5.41 Å². The van der Waals surface area contributed by atoms with Gasteiger partial charge in [-0.05, 0) is 43.1 Å². The Bertz CT molecular complexity index is 381. The number of benzene rings is 1. The average molecular weight is 264 g/mol. The lowest BCUT2D eigenvalue weighted by Gasteiger charge is -2.32. The molecule has 0 aromatic heterocycles. The lowest BCUT2D eigenvalue weighted by atomic mass is 9.85. The van der Waals surface area contributed by atoms with Crippen LogP contribution in [-0.2, 0) is 6.54 Å². The number of nitrogens with zero attached hydrogens (tertiary/aromatic N) is 1. The number of ether oxygens (including phenoxy) is 1. The summed E-state index contributed by atoms with van der Waals surface area (Å²) < 4.78 is 5.26. The number of rotatable bonds is 8. The van der Waals surface area contributed by atoms with Gasteiger partial charge in [0.25, 0.3) is 0 Å². The molecule has 0 bridgehead atoms. The van der Waals surface area contributed by atoms with Gasteiger partial charge in [-0.25, -0.2) is 0 Å². The van der Waals surface area contributed by atoms with Crippen molar-refractivity contribution in [1.82, 2.24) is 4.90 Å². The predicted molar refractivity (Wildman–Crippen MR) is 81.4 cm³/mol. The zero-order valence-corrected chi connectivity index (χ0v) is 12.8. The minimum absolute atomic E-state index is 0.211. The van der Waals surface area contributed by atoms with E-state index in [2.05, 4.69) is 37.9 Å². The van der Waals surface area contributed by atoms with Crippen LogP contribution in [0.2, 0.25) is 0 Å². The van der Waals surface area contributed by atoms with Crippen molar-refractivity contribution in [2.75, 3.05) is 27.2 Å². The van der Waals surface area contributed by atoms with Crippen molar-refractivity contribution >= 4 is 0 Å². The molecule has 3 heteroatoms. The van der Waals surface area contributed by atoms with Gasteiger partial charge in [0.1, 0.15) is 5.75 Å². The van der Waals surface area contributed by atoms with Crippen LogP contribution < -0.4 is 10.5 Å². The van der Waals surface area contributed by atoms with Crippen LogP contribution in [0.3, 0.4) is 0 Å². The van der Waals surface area contributed by atoms with E-state index in [1.807, 2.05) is 12.1 Å². The lowest BCUT2D eigenvalue weighted by Crippen LogP contribution is -2.38. The van der Waals surface area contributed by atoms with E-state index in [-0.39, 0.29) is 5.41 Å². The molecule has 0 spiro atoms. The van der Waals surface area contributed by atoms with Crippen LogP contribution in [-0.4, -0.2) is 32.1 Å². The maximum Gasteiger partial charge on any atom is 0.119 e. The first-order valence-corrected chi connectivity index (χ1v) is 7.04. The summed E-state index contributed by atoms with van der Waals surface area (Å²) >= 11 is 0. The zero-order chi connectivity index (χ0) is 14.3. The van der Waals surface area contributed by atoms with Crippen LogP contribution in [0.5, 0.6) is 5.75 Å². The minimum Gasteiger partial charge on any atom is -0.497 e. The zero-order valence-electron chi connectivity index (χ0n) is 12.8. The van der Waals surface area contributed by atoms with Gasteiger partial charge < -0.3 is 15.4 Å². The Hall–Kier alpha value is -1.06. The Labute approximate surface area is 117 Å². The first-order valence-electron chi connectivity index (χ1n) is 7.04. The SMILES string of the molecule is CCCC(C)(CN)CN(C)Cc1cccc(OC)c1. The van der Waals surface area contributed by atoms with Crippen LogP contribution in [0.1, 0.15) is 32.3 Å². The fourth-order valence-corrected chi connectivity index (χ4v) is 2.64. The van der Waals surface area contributed by atoms with Crippen LogP contribution in [0.25, 0.3) is 0 Å². The third-order valence-corrected chi connectivity index (χ3v) is 3.58. The predicted octanol–water partition coefficient (Wildman–Crippen LogP) is 2.89. The van der Waals surface area contributed by atoms with E-state index in [0.717, 1.165) is 25.4 Å². The van der Waals surface area contributed by atoms with E-state index < -0.39 is 0 Å². The molecule has 0 radical (unpaired) electrons. The van der Waals surface area contributed by atoms with E-state index in [1.54, 1.807) is 7.11 Å². The molecule has 1 rings (SSSR count). The van der Waals surface area contributed by atoms with Gasteiger partial charge in [0.05, 0.1) is 7.11 Å². The molecule has 19 heavy (non-hydrogen) atoms. The summed E-state index contributed by atoms with van der Waals surface area (Å²) in [6, 6.07) is 8.25. The molecule has 1 atom stereocenters. The van der Waals surface area contributed by atoms with Crippen LogP contribution in [0.15, 0.2) is 24.3 Å². The Morgan fingerprint density at radius 2 is 2.11 bits per heavy atom. The minimum atomic E-state index is 0.211. The third kappa shape index (κ3) is 5.21. The van der Waals surface area contributed by atoms with E-state index in [1.165, 1.54) is 18.4 Å². The van der Waals surface area contributed by atoms with Gasteiger partial charge in [-0.1, -0.05) is 32.4 Å². The van der Waals surface area contributed by atoms with Gasteiger partial charge in [-0.2, -0.15) is 0 Å². The summed E-state index contributed by atoms with van der Waals surface area (Å²) in [5.74, 6) is 0.918. The van der Waals surface area contributed by atoms with Crippen molar-refractivity contribution in [3.8, 4) is 5.75 Å².